The van der Waals surface area contributed by atoms with Gasteiger partial charge in [0, 0.05) is 18.0 Å². The summed E-state index contributed by atoms with van der Waals surface area (Å²) in [6.45, 7) is 5.37. The van der Waals surface area contributed by atoms with Gasteiger partial charge in [0.05, 0.1) is 11.7 Å². The summed E-state index contributed by atoms with van der Waals surface area (Å²) >= 11 is 1.59. The van der Waals surface area contributed by atoms with Crippen LogP contribution in [-0.2, 0) is 4.79 Å². The van der Waals surface area contributed by atoms with E-state index in [4.69, 9.17) is 4.52 Å². The van der Waals surface area contributed by atoms with Crippen LogP contribution in [0.5, 0.6) is 0 Å². The van der Waals surface area contributed by atoms with Gasteiger partial charge in [0.25, 0.3) is 0 Å². The van der Waals surface area contributed by atoms with Crippen LogP contribution in [0.2, 0.25) is 0 Å². The van der Waals surface area contributed by atoms with Gasteiger partial charge < -0.3 is 9.42 Å². The van der Waals surface area contributed by atoms with Crippen molar-refractivity contribution in [3.05, 3.63) is 41.5 Å². The molecule has 1 aromatic carbocycles. The average molecular weight is 331 g/mol. The van der Waals surface area contributed by atoms with Gasteiger partial charge in [-0.15, -0.1) is 11.8 Å². The number of piperidine rings is 1. The number of carbonyl (C=O) groups is 1. The molecule has 6 heteroatoms. The summed E-state index contributed by atoms with van der Waals surface area (Å²) in [5.41, 5.74) is 1.23. The summed E-state index contributed by atoms with van der Waals surface area (Å²) in [5, 5.41) is 3.85. The molecule has 0 N–H and O–H groups in total. The lowest BCUT2D eigenvalue weighted by molar-refractivity contribution is -0.129. The molecule has 0 bridgehead atoms. The average Bonchev–Trinajstić information content (AvgIpc) is 3.01. The van der Waals surface area contributed by atoms with E-state index >= 15 is 0 Å². The van der Waals surface area contributed by atoms with Crippen LogP contribution < -0.4 is 0 Å². The largest absolute Gasteiger partial charge is 0.341 e. The second-order valence-corrected chi connectivity index (χ2v) is 7.01. The molecule has 0 radical (unpaired) electrons. The summed E-state index contributed by atoms with van der Waals surface area (Å²) < 4.78 is 5.27. The van der Waals surface area contributed by atoms with Gasteiger partial charge in [0.1, 0.15) is 0 Å². The standard InChI is InChI=1S/C17H21N3O2S/c1-12-5-7-15(8-6-12)23-11-16(21)20-9-3-4-14(10-20)17-18-13(2)19-22-17/h5-8,14H,3-4,9-11H2,1-2H3/t14-/m1/s1. The van der Waals surface area contributed by atoms with E-state index in [-0.39, 0.29) is 11.8 Å². The molecule has 3 rings (SSSR count). The first-order valence-electron chi connectivity index (χ1n) is 7.89. The monoisotopic (exact) mass is 331 g/mol. The molecule has 1 aliphatic rings. The van der Waals surface area contributed by atoms with Gasteiger partial charge in [-0.3, -0.25) is 4.79 Å². The second-order valence-electron chi connectivity index (χ2n) is 5.96. The molecule has 0 unspecified atom stereocenters. The predicted octanol–water partition coefficient (Wildman–Crippen LogP) is 3.18. The van der Waals surface area contributed by atoms with Crippen molar-refractivity contribution in [2.45, 2.75) is 37.5 Å². The Morgan fingerprint density at radius 2 is 2.13 bits per heavy atom. The lowest BCUT2D eigenvalue weighted by Crippen LogP contribution is -2.40. The molecule has 1 aliphatic heterocycles. The number of hydrogen-bond donors (Lipinski definition) is 0. The zero-order chi connectivity index (χ0) is 16.2. The van der Waals surface area contributed by atoms with Gasteiger partial charge in [-0.2, -0.15) is 4.98 Å². The Bertz CT molecular complexity index is 669. The van der Waals surface area contributed by atoms with Gasteiger partial charge in [-0.05, 0) is 38.8 Å². The van der Waals surface area contributed by atoms with E-state index in [1.165, 1.54) is 5.56 Å². The molecular weight excluding hydrogens is 310 g/mol. The molecule has 1 amide bonds. The number of aromatic nitrogens is 2. The third-order valence-corrected chi connectivity index (χ3v) is 5.05. The van der Waals surface area contributed by atoms with Crippen LogP contribution in [0, 0.1) is 13.8 Å². The third kappa shape index (κ3) is 4.13. The summed E-state index contributed by atoms with van der Waals surface area (Å²) in [6, 6.07) is 8.27. The van der Waals surface area contributed by atoms with Crippen molar-refractivity contribution in [2.75, 3.05) is 18.8 Å². The zero-order valence-corrected chi connectivity index (χ0v) is 14.3. The number of nitrogens with zero attached hydrogens (tertiary/aromatic N) is 3. The zero-order valence-electron chi connectivity index (χ0n) is 13.5. The van der Waals surface area contributed by atoms with E-state index in [1.54, 1.807) is 11.8 Å². The van der Waals surface area contributed by atoms with Crippen molar-refractivity contribution >= 4 is 17.7 Å². The lowest BCUT2D eigenvalue weighted by Gasteiger charge is -2.31. The molecule has 0 saturated carbocycles. The Morgan fingerprint density at radius 3 is 2.83 bits per heavy atom. The summed E-state index contributed by atoms with van der Waals surface area (Å²) in [5.74, 6) is 2.12. The lowest BCUT2D eigenvalue weighted by atomic mass is 9.98. The van der Waals surface area contributed by atoms with Gasteiger partial charge in [-0.1, -0.05) is 22.9 Å². The highest BCUT2D eigenvalue weighted by Crippen LogP contribution is 2.27. The number of likely N-dealkylation sites (tertiary alicyclic amines) is 1. The molecule has 23 heavy (non-hydrogen) atoms. The summed E-state index contributed by atoms with van der Waals surface area (Å²) in [6.07, 6.45) is 1.98. The van der Waals surface area contributed by atoms with Crippen LogP contribution in [-0.4, -0.2) is 39.8 Å². The molecule has 5 nitrogen and oxygen atoms in total. The van der Waals surface area contributed by atoms with Gasteiger partial charge in [0.2, 0.25) is 11.8 Å². The Labute approximate surface area is 140 Å². The fraction of sp³-hybridized carbons (Fsp3) is 0.471. The molecule has 0 spiro atoms. The number of benzene rings is 1. The number of carbonyl (C=O) groups excluding carboxylic acids is 1. The Morgan fingerprint density at radius 1 is 1.35 bits per heavy atom. The minimum atomic E-state index is 0.165. The highest BCUT2D eigenvalue weighted by Gasteiger charge is 2.28. The fourth-order valence-corrected chi connectivity index (χ4v) is 3.56. The number of hydrogen-bond acceptors (Lipinski definition) is 5. The van der Waals surface area contributed by atoms with Crippen molar-refractivity contribution in [3.63, 3.8) is 0 Å². The summed E-state index contributed by atoms with van der Waals surface area (Å²) in [7, 11) is 0. The minimum Gasteiger partial charge on any atom is -0.341 e. The maximum absolute atomic E-state index is 12.5. The van der Waals surface area contributed by atoms with Crippen LogP contribution in [0.1, 0.15) is 36.0 Å². The molecule has 2 heterocycles. The van der Waals surface area contributed by atoms with E-state index in [2.05, 4.69) is 41.3 Å². The molecule has 122 valence electrons. The maximum atomic E-state index is 12.5. The Kier molecular flexibility index (Phi) is 5.00. The number of thioether (sulfide) groups is 1. The van der Waals surface area contributed by atoms with Crippen LogP contribution >= 0.6 is 11.8 Å². The molecule has 1 atom stereocenters. The molecule has 0 aliphatic carbocycles. The van der Waals surface area contributed by atoms with E-state index in [0.29, 0.717) is 24.0 Å². The Hall–Kier alpha value is -1.82. The first kappa shape index (κ1) is 16.1. The smallest absolute Gasteiger partial charge is 0.232 e. The molecule has 1 aromatic heterocycles. The van der Waals surface area contributed by atoms with Crippen LogP contribution in [0.25, 0.3) is 0 Å². The highest BCUT2D eigenvalue weighted by atomic mass is 32.2. The number of aryl methyl sites for hydroxylation is 2. The quantitative estimate of drug-likeness (QED) is 0.805. The van der Waals surface area contributed by atoms with Gasteiger partial charge in [0.15, 0.2) is 5.82 Å². The van der Waals surface area contributed by atoms with Crippen LogP contribution in [0.4, 0.5) is 0 Å². The molecule has 2 aromatic rings. The first-order valence-corrected chi connectivity index (χ1v) is 8.88. The van der Waals surface area contributed by atoms with Crippen LogP contribution in [0.15, 0.2) is 33.7 Å². The summed E-state index contributed by atoms with van der Waals surface area (Å²) in [4.78, 5) is 19.8. The molecular formula is C17H21N3O2S. The highest BCUT2D eigenvalue weighted by molar-refractivity contribution is 8.00. The fourth-order valence-electron chi connectivity index (χ4n) is 2.76. The van der Waals surface area contributed by atoms with E-state index in [0.717, 1.165) is 24.3 Å². The molecule has 1 saturated heterocycles. The van der Waals surface area contributed by atoms with Crippen molar-refractivity contribution in [2.24, 2.45) is 0 Å². The number of amides is 1. The Balaban J connectivity index is 1.55. The second kappa shape index (κ2) is 7.17. The normalized spacial score (nSPS) is 18.2. The van der Waals surface area contributed by atoms with Gasteiger partial charge in [-0.25, -0.2) is 0 Å². The predicted molar refractivity (Wildman–Crippen MR) is 89.5 cm³/mol. The topological polar surface area (TPSA) is 59.2 Å². The van der Waals surface area contributed by atoms with E-state index in [9.17, 15) is 4.79 Å². The number of rotatable bonds is 4. The van der Waals surface area contributed by atoms with Crippen molar-refractivity contribution < 1.29 is 9.32 Å². The maximum Gasteiger partial charge on any atom is 0.232 e. The first-order chi connectivity index (χ1) is 11.1. The molecule has 1 fully saturated rings. The van der Waals surface area contributed by atoms with Crippen molar-refractivity contribution in [1.29, 1.82) is 0 Å². The minimum absolute atomic E-state index is 0.165. The van der Waals surface area contributed by atoms with E-state index in [1.807, 2.05) is 11.8 Å². The van der Waals surface area contributed by atoms with Crippen molar-refractivity contribution in [3.8, 4) is 0 Å². The van der Waals surface area contributed by atoms with Crippen LogP contribution in [0.3, 0.4) is 0 Å². The van der Waals surface area contributed by atoms with Gasteiger partial charge >= 0.3 is 0 Å². The van der Waals surface area contributed by atoms with E-state index < -0.39 is 0 Å². The third-order valence-electron chi connectivity index (χ3n) is 4.05. The van der Waals surface area contributed by atoms with Crippen molar-refractivity contribution in [1.82, 2.24) is 15.0 Å². The SMILES string of the molecule is Cc1ccc(SCC(=O)N2CCC[C@@H](c3nc(C)no3)C2)cc1.